The summed E-state index contributed by atoms with van der Waals surface area (Å²) in [5.74, 6) is -0.251. The van der Waals surface area contributed by atoms with E-state index in [2.05, 4.69) is 20.5 Å². The summed E-state index contributed by atoms with van der Waals surface area (Å²) in [6.07, 6.45) is 1.74. The molecule has 1 saturated heterocycles. The number of hydrogen-bond donors (Lipinski definition) is 2. The van der Waals surface area contributed by atoms with E-state index in [-0.39, 0.29) is 11.8 Å². The molecule has 1 aliphatic rings. The largest absolute Gasteiger partial charge is 0.378 e. The number of amides is 2. The lowest BCUT2D eigenvalue weighted by molar-refractivity contribution is -0.118. The van der Waals surface area contributed by atoms with Crippen LogP contribution in [0.5, 0.6) is 0 Å². The molecular weight excluding hydrogens is 392 g/mol. The number of ether oxygens (including phenoxy) is 1. The summed E-state index contributed by atoms with van der Waals surface area (Å²) in [7, 11) is 0. The predicted molar refractivity (Wildman–Crippen MR) is 119 cm³/mol. The van der Waals surface area contributed by atoms with Gasteiger partial charge in [-0.05, 0) is 29.8 Å². The van der Waals surface area contributed by atoms with E-state index >= 15 is 0 Å². The molecule has 2 amide bonds. The van der Waals surface area contributed by atoms with Crippen LogP contribution in [0, 0.1) is 0 Å². The second kappa shape index (κ2) is 9.86. The molecule has 0 radical (unpaired) electrons. The Balaban J connectivity index is 1.48. The van der Waals surface area contributed by atoms with E-state index in [0.29, 0.717) is 30.2 Å². The van der Waals surface area contributed by atoms with Crippen molar-refractivity contribution in [3.8, 4) is 0 Å². The minimum Gasteiger partial charge on any atom is -0.378 e. The molecule has 7 heteroatoms. The van der Waals surface area contributed by atoms with Crippen LogP contribution in [-0.4, -0.2) is 43.1 Å². The summed E-state index contributed by atoms with van der Waals surface area (Å²) in [6, 6.07) is 20.8. The number of benzene rings is 2. The number of rotatable bonds is 6. The predicted octanol–water partition coefficient (Wildman–Crippen LogP) is 3.03. The van der Waals surface area contributed by atoms with E-state index in [0.717, 1.165) is 18.8 Å². The molecule has 1 aliphatic heterocycles. The molecule has 4 rings (SSSR count). The molecule has 0 saturated carbocycles. The Morgan fingerprint density at radius 2 is 1.58 bits per heavy atom. The van der Waals surface area contributed by atoms with E-state index in [9.17, 15) is 9.59 Å². The van der Waals surface area contributed by atoms with Crippen molar-refractivity contribution in [3.63, 3.8) is 0 Å². The number of aromatic nitrogens is 1. The fourth-order valence-corrected chi connectivity index (χ4v) is 3.42. The Kier molecular flexibility index (Phi) is 6.54. The normalized spacial score (nSPS) is 14.5. The number of pyridine rings is 1. The van der Waals surface area contributed by atoms with Gasteiger partial charge in [-0.1, -0.05) is 48.5 Å². The SMILES string of the molecule is O=C(NC(C(=O)Nc1ccc(N2CCOCC2)cn1)c1ccccc1)c1ccccc1. The van der Waals surface area contributed by atoms with Gasteiger partial charge in [0.1, 0.15) is 11.9 Å². The minimum absolute atomic E-state index is 0.319. The summed E-state index contributed by atoms with van der Waals surface area (Å²) in [4.78, 5) is 32.3. The van der Waals surface area contributed by atoms with Gasteiger partial charge in [-0.15, -0.1) is 0 Å². The Bertz CT molecular complexity index is 1000. The molecule has 1 unspecified atom stereocenters. The molecule has 1 fully saturated rings. The lowest BCUT2D eigenvalue weighted by Crippen LogP contribution is -2.37. The number of morpholine rings is 1. The zero-order chi connectivity index (χ0) is 21.5. The molecule has 7 nitrogen and oxygen atoms in total. The van der Waals surface area contributed by atoms with Gasteiger partial charge in [0.2, 0.25) is 0 Å². The Labute approximate surface area is 181 Å². The van der Waals surface area contributed by atoms with Crippen molar-refractivity contribution < 1.29 is 14.3 Å². The maximum atomic E-state index is 13.1. The Hall–Kier alpha value is -3.71. The fourth-order valence-electron chi connectivity index (χ4n) is 3.42. The van der Waals surface area contributed by atoms with Crippen LogP contribution in [0.15, 0.2) is 79.0 Å². The van der Waals surface area contributed by atoms with Gasteiger partial charge in [0, 0.05) is 18.7 Å². The second-order valence-electron chi connectivity index (χ2n) is 7.17. The number of nitrogens with one attached hydrogen (secondary N) is 2. The van der Waals surface area contributed by atoms with Crippen molar-refractivity contribution in [1.82, 2.24) is 10.3 Å². The zero-order valence-corrected chi connectivity index (χ0v) is 17.0. The first-order chi connectivity index (χ1) is 15.2. The molecule has 0 aliphatic carbocycles. The Morgan fingerprint density at radius 1 is 0.903 bits per heavy atom. The topological polar surface area (TPSA) is 83.6 Å². The molecule has 2 heterocycles. The number of anilines is 2. The fraction of sp³-hybridized carbons (Fsp3) is 0.208. The van der Waals surface area contributed by atoms with Gasteiger partial charge in [-0.25, -0.2) is 4.98 Å². The van der Waals surface area contributed by atoms with E-state index in [1.807, 2.05) is 42.5 Å². The van der Waals surface area contributed by atoms with Gasteiger partial charge in [-0.2, -0.15) is 0 Å². The third-order valence-electron chi connectivity index (χ3n) is 5.08. The van der Waals surface area contributed by atoms with E-state index in [4.69, 9.17) is 4.74 Å². The molecule has 158 valence electrons. The van der Waals surface area contributed by atoms with Gasteiger partial charge in [0.05, 0.1) is 25.1 Å². The quantitative estimate of drug-likeness (QED) is 0.645. The van der Waals surface area contributed by atoms with Crippen LogP contribution in [0.2, 0.25) is 0 Å². The molecule has 0 spiro atoms. The summed E-state index contributed by atoms with van der Waals surface area (Å²) in [5.41, 5.74) is 2.16. The van der Waals surface area contributed by atoms with E-state index < -0.39 is 6.04 Å². The van der Waals surface area contributed by atoms with Gasteiger partial charge in [-0.3, -0.25) is 9.59 Å². The number of nitrogens with zero attached hydrogens (tertiary/aromatic N) is 2. The zero-order valence-electron chi connectivity index (χ0n) is 17.0. The van der Waals surface area contributed by atoms with Crippen molar-refractivity contribution in [2.45, 2.75) is 6.04 Å². The molecule has 2 aromatic carbocycles. The van der Waals surface area contributed by atoms with Crippen LogP contribution in [0.1, 0.15) is 22.0 Å². The molecule has 2 N–H and O–H groups in total. The first-order valence-corrected chi connectivity index (χ1v) is 10.2. The van der Waals surface area contributed by atoms with E-state index in [1.165, 1.54) is 0 Å². The van der Waals surface area contributed by atoms with Crippen molar-refractivity contribution in [2.75, 3.05) is 36.5 Å². The molecular formula is C24H24N4O3. The summed E-state index contributed by atoms with van der Waals surface area (Å²) in [6.45, 7) is 3.01. The van der Waals surface area contributed by atoms with Crippen molar-refractivity contribution >= 4 is 23.3 Å². The highest BCUT2D eigenvalue weighted by Gasteiger charge is 2.24. The monoisotopic (exact) mass is 416 g/mol. The maximum Gasteiger partial charge on any atom is 0.252 e. The average molecular weight is 416 g/mol. The number of hydrogen-bond acceptors (Lipinski definition) is 5. The third-order valence-corrected chi connectivity index (χ3v) is 5.08. The first-order valence-electron chi connectivity index (χ1n) is 10.2. The van der Waals surface area contributed by atoms with Gasteiger partial charge < -0.3 is 20.3 Å². The van der Waals surface area contributed by atoms with Crippen molar-refractivity contribution in [1.29, 1.82) is 0 Å². The Morgan fingerprint density at radius 3 is 2.23 bits per heavy atom. The van der Waals surface area contributed by atoms with Gasteiger partial charge in [0.15, 0.2) is 0 Å². The highest BCUT2D eigenvalue weighted by atomic mass is 16.5. The van der Waals surface area contributed by atoms with Crippen LogP contribution in [0.3, 0.4) is 0 Å². The van der Waals surface area contributed by atoms with Gasteiger partial charge in [0.25, 0.3) is 11.8 Å². The summed E-state index contributed by atoms with van der Waals surface area (Å²) in [5, 5.41) is 5.65. The molecule has 31 heavy (non-hydrogen) atoms. The maximum absolute atomic E-state index is 13.1. The highest BCUT2D eigenvalue weighted by Crippen LogP contribution is 2.19. The summed E-state index contributed by atoms with van der Waals surface area (Å²) >= 11 is 0. The molecule has 1 aromatic heterocycles. The van der Waals surface area contributed by atoms with Crippen LogP contribution < -0.4 is 15.5 Å². The number of carbonyl (C=O) groups excluding carboxylic acids is 2. The van der Waals surface area contributed by atoms with Crippen LogP contribution in [0.4, 0.5) is 11.5 Å². The van der Waals surface area contributed by atoms with Gasteiger partial charge >= 0.3 is 0 Å². The lowest BCUT2D eigenvalue weighted by Gasteiger charge is -2.28. The van der Waals surface area contributed by atoms with Crippen LogP contribution in [-0.2, 0) is 9.53 Å². The van der Waals surface area contributed by atoms with Crippen LogP contribution >= 0.6 is 0 Å². The smallest absolute Gasteiger partial charge is 0.252 e. The van der Waals surface area contributed by atoms with E-state index in [1.54, 1.807) is 36.5 Å². The standard InChI is InChI=1S/C24H24N4O3/c29-23(19-9-5-2-6-10-19)27-22(18-7-3-1-4-8-18)24(30)26-21-12-11-20(17-25-21)28-13-15-31-16-14-28/h1-12,17,22H,13-16H2,(H,27,29)(H,25,26,30). The lowest BCUT2D eigenvalue weighted by atomic mass is 10.1. The molecule has 0 bridgehead atoms. The van der Waals surface area contributed by atoms with Crippen molar-refractivity contribution in [3.05, 3.63) is 90.1 Å². The molecule has 1 atom stereocenters. The number of carbonyl (C=O) groups is 2. The molecule has 3 aromatic rings. The highest BCUT2D eigenvalue weighted by molar-refractivity contribution is 6.01. The first kappa shape index (κ1) is 20.6. The average Bonchev–Trinajstić information content (AvgIpc) is 2.84. The second-order valence-corrected chi connectivity index (χ2v) is 7.17. The van der Waals surface area contributed by atoms with Crippen LogP contribution in [0.25, 0.3) is 0 Å². The third kappa shape index (κ3) is 5.26. The summed E-state index contributed by atoms with van der Waals surface area (Å²) < 4.78 is 5.38. The minimum atomic E-state index is -0.852. The van der Waals surface area contributed by atoms with Crippen molar-refractivity contribution in [2.24, 2.45) is 0 Å².